The van der Waals surface area contributed by atoms with Crippen LogP contribution >= 0.6 is 0 Å². The fourth-order valence-corrected chi connectivity index (χ4v) is 5.19. The van der Waals surface area contributed by atoms with Gasteiger partial charge < -0.3 is 14.9 Å². The summed E-state index contributed by atoms with van der Waals surface area (Å²) in [7, 11) is 0. The number of piperidine rings is 1. The monoisotopic (exact) mass is 516 g/mol. The maximum absolute atomic E-state index is 13.1. The molecule has 2 aliphatic heterocycles. The van der Waals surface area contributed by atoms with E-state index < -0.39 is 17.2 Å². The number of allylic oxidation sites excluding steroid dienone is 4. The molecule has 0 aromatic heterocycles. The quantitative estimate of drug-likeness (QED) is 0.179. The zero-order valence-electron chi connectivity index (χ0n) is 21.5. The fourth-order valence-electron chi connectivity index (χ4n) is 5.19. The third-order valence-corrected chi connectivity index (χ3v) is 7.66. The second kappa shape index (κ2) is 13.4. The first-order chi connectivity index (χ1) is 17.7. The van der Waals surface area contributed by atoms with Crippen LogP contribution in [0.5, 0.6) is 0 Å². The van der Waals surface area contributed by atoms with Crippen LogP contribution in [-0.4, -0.2) is 56.2 Å². The molecule has 3 unspecified atom stereocenters. The second-order valence-corrected chi connectivity index (χ2v) is 9.93. The van der Waals surface area contributed by atoms with E-state index >= 15 is 0 Å². The van der Waals surface area contributed by atoms with Gasteiger partial charge in [-0.05, 0) is 74.4 Å². The predicted octanol–water partition coefficient (Wildman–Crippen LogP) is 6.74. The van der Waals surface area contributed by atoms with Crippen LogP contribution in [-0.2, 0) is 21.1 Å². The van der Waals surface area contributed by atoms with Gasteiger partial charge in [-0.25, -0.2) is 0 Å². The maximum atomic E-state index is 13.1. The largest absolute Gasteiger partial charge is 0.416 e. The summed E-state index contributed by atoms with van der Waals surface area (Å²) in [5, 5.41) is 8.26. The van der Waals surface area contributed by atoms with Crippen molar-refractivity contribution in [2.75, 3.05) is 32.9 Å². The van der Waals surface area contributed by atoms with Gasteiger partial charge in [0.05, 0.1) is 18.3 Å². The van der Waals surface area contributed by atoms with Crippen molar-refractivity contribution in [3.63, 3.8) is 0 Å². The smallest absolute Gasteiger partial charge is 0.379 e. The Morgan fingerprint density at radius 3 is 2.24 bits per heavy atom. The molecule has 0 radical (unpaired) electrons. The van der Waals surface area contributed by atoms with Crippen LogP contribution in [0.2, 0.25) is 0 Å². The number of likely N-dealkylation sites (tertiary alicyclic amines) is 1. The minimum atomic E-state index is -4.41. The van der Waals surface area contributed by atoms with E-state index in [0.29, 0.717) is 24.5 Å². The van der Waals surface area contributed by atoms with Crippen LogP contribution in [0, 0.1) is 11.3 Å². The number of rotatable bonds is 13. The number of benzene rings is 1. The zero-order chi connectivity index (χ0) is 26.9. The molecule has 0 amide bonds. The topological polar surface area (TPSA) is 45.6 Å². The molecule has 0 aliphatic carbocycles. The van der Waals surface area contributed by atoms with Crippen molar-refractivity contribution in [1.82, 2.24) is 4.90 Å². The number of ether oxygens (including phenoxy) is 2. The van der Waals surface area contributed by atoms with Gasteiger partial charge in [-0.3, -0.25) is 4.90 Å². The summed E-state index contributed by atoms with van der Waals surface area (Å²) in [4.78, 5) is 2.39. The summed E-state index contributed by atoms with van der Waals surface area (Å²) in [6, 6.07) is 5.00. The van der Waals surface area contributed by atoms with E-state index in [2.05, 4.69) is 30.7 Å². The zero-order valence-corrected chi connectivity index (χ0v) is 21.5. The van der Waals surface area contributed by atoms with Crippen LogP contribution < -0.4 is 0 Å². The van der Waals surface area contributed by atoms with Gasteiger partial charge in [0.15, 0.2) is 0 Å². The molecule has 2 saturated heterocycles. The van der Waals surface area contributed by atoms with Crippen LogP contribution in [0.4, 0.5) is 13.2 Å². The van der Waals surface area contributed by atoms with Gasteiger partial charge in [0.1, 0.15) is 0 Å². The molecular formula is C30H39F3N2O2. The third-order valence-electron chi connectivity index (χ3n) is 7.66. The van der Waals surface area contributed by atoms with Crippen molar-refractivity contribution in [2.45, 2.75) is 55.8 Å². The van der Waals surface area contributed by atoms with Crippen molar-refractivity contribution in [3.05, 3.63) is 85.0 Å². The van der Waals surface area contributed by atoms with Crippen molar-refractivity contribution in [2.24, 2.45) is 5.92 Å². The average Bonchev–Trinajstić information content (AvgIpc) is 3.43. The molecule has 1 aromatic rings. The number of halogens is 3. The summed E-state index contributed by atoms with van der Waals surface area (Å²) >= 11 is 0. The highest BCUT2D eigenvalue weighted by molar-refractivity contribution is 5.74. The highest BCUT2D eigenvalue weighted by atomic mass is 19.4. The molecule has 2 aliphatic rings. The van der Waals surface area contributed by atoms with Crippen LogP contribution in [0.1, 0.15) is 43.2 Å². The van der Waals surface area contributed by atoms with Crippen molar-refractivity contribution in [1.29, 1.82) is 5.41 Å². The van der Waals surface area contributed by atoms with E-state index in [1.165, 1.54) is 18.3 Å². The molecule has 3 rings (SSSR count). The molecule has 37 heavy (non-hydrogen) atoms. The Bertz CT molecular complexity index is 923. The molecule has 2 fully saturated rings. The molecule has 202 valence electrons. The van der Waals surface area contributed by atoms with Gasteiger partial charge in [-0.15, -0.1) is 6.58 Å². The SMILES string of the molecule is C=CC(C=C)=CC(CC(C=C)(C=N)c1ccc(C(F)(F)F)cc1)N1CCC(CCOC2CCOC2)CC1. The Morgan fingerprint density at radius 1 is 1.08 bits per heavy atom. The number of hydrogen-bond donors (Lipinski definition) is 1. The minimum absolute atomic E-state index is 0.0688. The maximum Gasteiger partial charge on any atom is 0.416 e. The van der Waals surface area contributed by atoms with Gasteiger partial charge in [0, 0.05) is 30.9 Å². The van der Waals surface area contributed by atoms with Crippen molar-refractivity contribution < 1.29 is 22.6 Å². The Balaban J connectivity index is 1.73. The summed E-state index contributed by atoms with van der Waals surface area (Å²) in [5.74, 6) is 0.586. The van der Waals surface area contributed by atoms with Gasteiger partial charge in [-0.2, -0.15) is 13.2 Å². The molecule has 0 saturated carbocycles. The molecule has 4 nitrogen and oxygen atoms in total. The van der Waals surface area contributed by atoms with E-state index in [9.17, 15) is 13.2 Å². The lowest BCUT2D eigenvalue weighted by Crippen LogP contribution is -2.44. The van der Waals surface area contributed by atoms with Crippen molar-refractivity contribution >= 4 is 6.21 Å². The van der Waals surface area contributed by atoms with E-state index in [4.69, 9.17) is 14.9 Å². The summed E-state index contributed by atoms with van der Waals surface area (Å²) in [6.45, 7) is 15.7. The third kappa shape index (κ3) is 7.76. The molecular weight excluding hydrogens is 477 g/mol. The van der Waals surface area contributed by atoms with Crippen LogP contribution in [0.25, 0.3) is 0 Å². The molecule has 0 bridgehead atoms. The summed E-state index contributed by atoms with van der Waals surface area (Å²) in [6.07, 6.45) is 8.92. The molecule has 0 spiro atoms. The van der Waals surface area contributed by atoms with E-state index in [0.717, 1.165) is 69.7 Å². The molecule has 1 N–H and O–H groups in total. The van der Waals surface area contributed by atoms with Crippen molar-refractivity contribution in [3.8, 4) is 0 Å². The van der Waals surface area contributed by atoms with Gasteiger partial charge >= 0.3 is 6.18 Å². The number of nitrogens with one attached hydrogen (secondary N) is 1. The molecule has 1 aromatic carbocycles. The summed E-state index contributed by atoms with van der Waals surface area (Å²) in [5.41, 5.74) is -0.115. The lowest BCUT2D eigenvalue weighted by molar-refractivity contribution is -0.137. The number of hydrogen-bond acceptors (Lipinski definition) is 4. The van der Waals surface area contributed by atoms with E-state index in [1.807, 2.05) is 0 Å². The lowest BCUT2D eigenvalue weighted by atomic mass is 9.75. The molecule has 7 heteroatoms. The fraction of sp³-hybridized carbons (Fsp3) is 0.500. The van der Waals surface area contributed by atoms with E-state index in [1.54, 1.807) is 18.2 Å². The average molecular weight is 517 g/mol. The predicted molar refractivity (Wildman–Crippen MR) is 143 cm³/mol. The first kappa shape index (κ1) is 29.1. The molecule has 3 atom stereocenters. The van der Waals surface area contributed by atoms with Crippen LogP contribution in [0.3, 0.4) is 0 Å². The summed E-state index contributed by atoms with van der Waals surface area (Å²) < 4.78 is 50.7. The molecule has 2 heterocycles. The Kier molecular flexibility index (Phi) is 10.5. The Morgan fingerprint density at radius 2 is 1.73 bits per heavy atom. The van der Waals surface area contributed by atoms with Gasteiger partial charge in [-0.1, -0.05) is 49.6 Å². The number of nitrogens with zero attached hydrogens (tertiary/aromatic N) is 1. The standard InChI is InChI=1S/C30H39F3N2O2/c1-4-23(5-2)19-27(35-15-11-24(12-16-35)13-18-37-28-14-17-36-21-28)20-29(6-3,22-34)25-7-9-26(10-8-25)30(31,32)33/h4-10,19,22,24,27-28,34H,1-3,11-18,20-21H2. The highest BCUT2D eigenvalue weighted by Gasteiger charge is 2.35. The lowest BCUT2D eigenvalue weighted by Gasteiger charge is -2.40. The van der Waals surface area contributed by atoms with E-state index in [-0.39, 0.29) is 12.1 Å². The first-order valence-corrected chi connectivity index (χ1v) is 13.0. The number of alkyl halides is 3. The Hall–Kier alpha value is -2.48. The second-order valence-electron chi connectivity index (χ2n) is 9.93. The van der Waals surface area contributed by atoms with Gasteiger partial charge in [0.25, 0.3) is 0 Å². The van der Waals surface area contributed by atoms with Gasteiger partial charge in [0.2, 0.25) is 0 Å². The highest BCUT2D eigenvalue weighted by Crippen LogP contribution is 2.36. The Labute approximate surface area is 219 Å². The first-order valence-electron chi connectivity index (χ1n) is 13.0. The van der Waals surface area contributed by atoms with Crippen LogP contribution in [0.15, 0.2) is 73.9 Å². The minimum Gasteiger partial charge on any atom is -0.379 e. The normalized spacial score (nSPS) is 21.5.